The van der Waals surface area contributed by atoms with Crippen molar-refractivity contribution in [3.8, 4) is 5.75 Å². The molecule has 0 unspecified atom stereocenters. The van der Waals surface area contributed by atoms with E-state index in [2.05, 4.69) is 16.7 Å². The molecule has 214 valence electrons. The summed E-state index contributed by atoms with van der Waals surface area (Å²) in [4.78, 5) is 20.3. The highest BCUT2D eigenvalue weighted by molar-refractivity contribution is 7.89. The smallest absolute Gasteiger partial charge is 0.248 e. The minimum atomic E-state index is -3.64. The largest absolute Gasteiger partial charge is 0.497 e. The predicted molar refractivity (Wildman–Crippen MR) is 148 cm³/mol. The summed E-state index contributed by atoms with van der Waals surface area (Å²) in [6.45, 7) is 10.5. The summed E-state index contributed by atoms with van der Waals surface area (Å²) in [6.07, 6.45) is 5.82. The van der Waals surface area contributed by atoms with Gasteiger partial charge in [-0.15, -0.1) is 0 Å². The second-order valence-electron chi connectivity index (χ2n) is 10.9. The lowest BCUT2D eigenvalue weighted by Gasteiger charge is -2.43. The minimum absolute atomic E-state index is 0.0203. The molecule has 2 fully saturated rings. The number of hydrogen-bond donors (Lipinski definition) is 0. The maximum Gasteiger partial charge on any atom is 0.248 e. The number of aryl methyl sites for hydroxylation is 2. The molecule has 2 atom stereocenters. The van der Waals surface area contributed by atoms with Crippen LogP contribution < -0.4 is 4.74 Å². The summed E-state index contributed by atoms with van der Waals surface area (Å²) in [5.41, 5.74) is 1.50. The van der Waals surface area contributed by atoms with Crippen molar-refractivity contribution < 1.29 is 22.7 Å². The molecule has 0 spiro atoms. The molecule has 3 aliphatic rings. The number of piperazine rings is 1. The van der Waals surface area contributed by atoms with Crippen molar-refractivity contribution in [1.82, 2.24) is 19.0 Å². The van der Waals surface area contributed by atoms with Crippen LogP contribution in [0.5, 0.6) is 5.75 Å². The maximum atomic E-state index is 13.4. The highest BCUT2D eigenvalue weighted by atomic mass is 32.2. The van der Waals surface area contributed by atoms with Crippen LogP contribution >= 0.6 is 0 Å². The van der Waals surface area contributed by atoms with E-state index >= 15 is 0 Å². The molecule has 0 radical (unpaired) electrons. The first kappa shape index (κ1) is 29.3. The number of hydrogen-bond acceptors (Lipinski definition) is 7. The summed E-state index contributed by atoms with van der Waals surface area (Å²) >= 11 is 0. The second kappa shape index (κ2) is 13.1. The topological polar surface area (TPSA) is 82.6 Å². The van der Waals surface area contributed by atoms with Crippen LogP contribution in [0.2, 0.25) is 0 Å². The molecule has 1 amide bonds. The van der Waals surface area contributed by atoms with E-state index in [4.69, 9.17) is 9.47 Å². The van der Waals surface area contributed by atoms with Gasteiger partial charge in [-0.1, -0.05) is 6.92 Å². The van der Waals surface area contributed by atoms with Gasteiger partial charge in [0, 0.05) is 58.4 Å². The Morgan fingerprint density at radius 1 is 1.11 bits per heavy atom. The Kier molecular flexibility index (Phi) is 10.1. The Morgan fingerprint density at radius 3 is 2.58 bits per heavy atom. The van der Waals surface area contributed by atoms with Crippen LogP contribution in [0.3, 0.4) is 0 Å². The Bertz CT molecular complexity index is 1060. The molecule has 1 saturated carbocycles. The van der Waals surface area contributed by atoms with Gasteiger partial charge >= 0.3 is 0 Å². The van der Waals surface area contributed by atoms with E-state index in [-0.39, 0.29) is 31.7 Å². The molecule has 0 aromatic heterocycles. The summed E-state index contributed by atoms with van der Waals surface area (Å²) in [7, 11) is -0.153. The predicted octanol–water partition coefficient (Wildman–Crippen LogP) is 2.36. The summed E-state index contributed by atoms with van der Waals surface area (Å²) in [5.74, 6) is 0.651. The zero-order chi connectivity index (χ0) is 27.3. The molecular formula is C28H46N4O5S. The van der Waals surface area contributed by atoms with Crippen molar-refractivity contribution >= 4 is 15.9 Å². The first-order chi connectivity index (χ1) is 18.2. The van der Waals surface area contributed by atoms with Crippen LogP contribution in [-0.2, 0) is 26.0 Å². The fraction of sp³-hybridized carbons (Fsp3) is 0.750. The standard InChI is InChI=1S/C28H46N4O5S/c1-5-30-12-14-31(15-13-30)25-10-6-9-24(20-25)29(3)27(33)21-37-17-16-32-11-7-8-23-19-26(36-4)18-22(2)28(23)38(32,34)35/h18-19,24-25H,5-17,20-21H2,1-4H3/t24-,25+/m0/s1. The number of fused-ring (bicyclic) bond motifs is 1. The Labute approximate surface area is 229 Å². The van der Waals surface area contributed by atoms with Gasteiger partial charge in [0.15, 0.2) is 0 Å². The number of methoxy groups -OCH3 is 1. The molecule has 38 heavy (non-hydrogen) atoms. The molecule has 0 N–H and O–H groups in total. The van der Waals surface area contributed by atoms with E-state index < -0.39 is 10.0 Å². The fourth-order valence-corrected chi connectivity index (χ4v) is 8.21. The number of nitrogens with zero attached hydrogens (tertiary/aromatic N) is 4. The lowest BCUT2D eigenvalue weighted by Crippen LogP contribution is -2.53. The summed E-state index contributed by atoms with van der Waals surface area (Å²) < 4.78 is 39.4. The number of carbonyl (C=O) groups excluding carboxylic acids is 1. The van der Waals surface area contributed by atoms with E-state index in [0.29, 0.717) is 35.2 Å². The quantitative estimate of drug-likeness (QED) is 0.437. The molecule has 2 aliphatic heterocycles. The maximum absolute atomic E-state index is 13.4. The van der Waals surface area contributed by atoms with Crippen molar-refractivity contribution in [1.29, 1.82) is 0 Å². The minimum Gasteiger partial charge on any atom is -0.497 e. The van der Waals surface area contributed by atoms with E-state index in [1.807, 2.05) is 24.9 Å². The first-order valence-corrected chi connectivity index (χ1v) is 15.7. The molecule has 1 saturated heterocycles. The second-order valence-corrected chi connectivity index (χ2v) is 12.8. The number of carbonyl (C=O) groups is 1. The van der Waals surface area contributed by atoms with Gasteiger partial charge in [0.05, 0.1) is 18.6 Å². The zero-order valence-corrected chi connectivity index (χ0v) is 24.5. The third kappa shape index (κ3) is 6.70. The van der Waals surface area contributed by atoms with Crippen LogP contribution in [-0.4, -0.2) is 119 Å². The fourth-order valence-electron chi connectivity index (χ4n) is 6.31. The summed E-state index contributed by atoms with van der Waals surface area (Å²) in [5, 5.41) is 0. The van der Waals surface area contributed by atoms with E-state index in [0.717, 1.165) is 64.0 Å². The van der Waals surface area contributed by atoms with Crippen LogP contribution in [0.15, 0.2) is 17.0 Å². The molecule has 10 heteroatoms. The van der Waals surface area contributed by atoms with Crippen molar-refractivity contribution in [2.45, 2.75) is 69.4 Å². The van der Waals surface area contributed by atoms with Gasteiger partial charge in [0.1, 0.15) is 12.4 Å². The Balaban J connectivity index is 1.26. The van der Waals surface area contributed by atoms with Crippen molar-refractivity contribution in [2.75, 3.05) is 73.2 Å². The van der Waals surface area contributed by atoms with Crippen molar-refractivity contribution in [3.63, 3.8) is 0 Å². The lowest BCUT2D eigenvalue weighted by atomic mass is 9.88. The highest BCUT2D eigenvalue weighted by Crippen LogP contribution is 2.32. The number of benzene rings is 1. The summed E-state index contributed by atoms with van der Waals surface area (Å²) in [6, 6.07) is 4.38. The van der Waals surface area contributed by atoms with Gasteiger partial charge < -0.3 is 19.3 Å². The molecule has 0 bridgehead atoms. The average molecular weight is 551 g/mol. The SMILES string of the molecule is CCN1CCN([C@@H]2CCC[C@H](N(C)C(=O)COCCN3CCCc4cc(OC)cc(C)c4S3(=O)=O)C2)CC1. The first-order valence-electron chi connectivity index (χ1n) is 14.2. The number of likely N-dealkylation sites (N-methyl/N-ethyl adjacent to an activating group) is 2. The van der Waals surface area contributed by atoms with Crippen LogP contribution in [0.25, 0.3) is 0 Å². The monoisotopic (exact) mass is 550 g/mol. The normalized spacial score (nSPS) is 24.9. The van der Waals surface area contributed by atoms with Gasteiger partial charge in [-0.3, -0.25) is 9.69 Å². The molecule has 9 nitrogen and oxygen atoms in total. The number of amides is 1. The van der Waals surface area contributed by atoms with Gasteiger partial charge in [-0.2, -0.15) is 4.31 Å². The van der Waals surface area contributed by atoms with E-state index in [9.17, 15) is 13.2 Å². The van der Waals surface area contributed by atoms with Crippen molar-refractivity contribution in [2.24, 2.45) is 0 Å². The molecule has 2 heterocycles. The number of ether oxygens (including phenoxy) is 2. The Morgan fingerprint density at radius 2 is 1.87 bits per heavy atom. The molecule has 1 aromatic rings. The van der Waals surface area contributed by atoms with E-state index in [1.165, 1.54) is 10.7 Å². The Hall–Kier alpha value is -1.72. The molecule has 1 aromatic carbocycles. The molecule has 1 aliphatic carbocycles. The van der Waals surface area contributed by atoms with Gasteiger partial charge in [0.25, 0.3) is 0 Å². The number of sulfonamides is 1. The highest BCUT2D eigenvalue weighted by Gasteiger charge is 2.33. The van der Waals surface area contributed by atoms with Crippen LogP contribution in [0.1, 0.15) is 50.2 Å². The molecule has 4 rings (SSSR count). The van der Waals surface area contributed by atoms with Gasteiger partial charge in [-0.05, 0) is 75.3 Å². The van der Waals surface area contributed by atoms with Gasteiger partial charge in [-0.25, -0.2) is 8.42 Å². The van der Waals surface area contributed by atoms with Gasteiger partial charge in [0.2, 0.25) is 15.9 Å². The third-order valence-electron chi connectivity index (χ3n) is 8.65. The number of rotatable bonds is 9. The lowest BCUT2D eigenvalue weighted by molar-refractivity contribution is -0.138. The van der Waals surface area contributed by atoms with Crippen LogP contribution in [0.4, 0.5) is 0 Å². The van der Waals surface area contributed by atoms with E-state index in [1.54, 1.807) is 13.2 Å². The van der Waals surface area contributed by atoms with Crippen LogP contribution in [0, 0.1) is 6.92 Å². The van der Waals surface area contributed by atoms with Crippen molar-refractivity contribution in [3.05, 3.63) is 23.3 Å². The molecular weight excluding hydrogens is 504 g/mol. The zero-order valence-electron chi connectivity index (χ0n) is 23.7. The average Bonchev–Trinajstić information content (AvgIpc) is 3.05. The third-order valence-corrected chi connectivity index (χ3v) is 10.8.